The molecule has 2 unspecified atom stereocenters. The van der Waals surface area contributed by atoms with E-state index in [0.29, 0.717) is 31.0 Å². The highest BCUT2D eigenvalue weighted by molar-refractivity contribution is 6.31. The van der Waals surface area contributed by atoms with Gasteiger partial charge in [-0.3, -0.25) is 4.79 Å². The maximum absolute atomic E-state index is 12.2. The van der Waals surface area contributed by atoms with Crippen LogP contribution in [0.25, 0.3) is 0 Å². The number of nitrogens with zero attached hydrogens (tertiary/aromatic N) is 1. The molecule has 1 aliphatic heterocycles. The van der Waals surface area contributed by atoms with Crippen LogP contribution in [0.4, 0.5) is 0 Å². The monoisotopic (exact) mass is 296 g/mol. The van der Waals surface area contributed by atoms with Crippen molar-refractivity contribution in [3.05, 3.63) is 34.3 Å². The molecule has 0 saturated carbocycles. The zero-order chi connectivity index (χ0) is 14.7. The number of ether oxygens (including phenoxy) is 1. The number of aryl methyl sites for hydroxylation is 1. The third kappa shape index (κ3) is 3.14. The fourth-order valence-corrected chi connectivity index (χ4v) is 2.84. The first-order chi connectivity index (χ1) is 9.54. The van der Waals surface area contributed by atoms with Crippen LogP contribution in [0.1, 0.15) is 30.0 Å². The minimum Gasteiger partial charge on any atom is -0.383 e. The number of carbonyl (C=O) groups is 1. The van der Waals surface area contributed by atoms with Crippen molar-refractivity contribution in [2.45, 2.75) is 31.8 Å². The molecule has 1 amide bonds. The topological polar surface area (TPSA) is 55.6 Å². The summed E-state index contributed by atoms with van der Waals surface area (Å²) in [6, 6.07) is 5.70. The zero-order valence-electron chi connectivity index (χ0n) is 11.9. The Hall–Kier alpha value is -1.10. The Morgan fingerprint density at radius 1 is 1.50 bits per heavy atom. The highest BCUT2D eigenvalue weighted by atomic mass is 35.5. The number of rotatable bonds is 4. The van der Waals surface area contributed by atoms with E-state index in [1.54, 1.807) is 7.11 Å². The first kappa shape index (κ1) is 15.3. The average Bonchev–Trinajstić information content (AvgIpc) is 2.43. The summed E-state index contributed by atoms with van der Waals surface area (Å²) in [7, 11) is 1.63. The molecule has 0 aromatic heterocycles. The summed E-state index contributed by atoms with van der Waals surface area (Å²) in [5, 5.41) is 0.708. The number of carbonyl (C=O) groups excluding carboxylic acids is 1. The number of nitrogens with two attached hydrogens (primary N) is 1. The third-order valence-corrected chi connectivity index (χ3v) is 4.23. The molecule has 2 N–H and O–H groups in total. The molecule has 0 aliphatic carbocycles. The van der Waals surface area contributed by atoms with E-state index >= 15 is 0 Å². The molecule has 20 heavy (non-hydrogen) atoms. The Balaban J connectivity index is 2.31. The quantitative estimate of drug-likeness (QED) is 0.927. The molecule has 1 fully saturated rings. The molecule has 5 heteroatoms. The van der Waals surface area contributed by atoms with E-state index in [9.17, 15) is 4.79 Å². The van der Waals surface area contributed by atoms with Crippen LogP contribution in [0.15, 0.2) is 18.2 Å². The van der Waals surface area contributed by atoms with Crippen LogP contribution in [0.5, 0.6) is 0 Å². The molecule has 1 aromatic rings. The van der Waals surface area contributed by atoms with Gasteiger partial charge in [0.15, 0.2) is 0 Å². The standard InChI is InChI=1S/C15H21ClN2O2/c1-10-3-4-11(9-12(10)16)15-13(17)5-6-14(19)18(15)7-8-20-2/h3-4,9,13,15H,5-8,17H2,1-2H3. The van der Waals surface area contributed by atoms with Gasteiger partial charge in [0.25, 0.3) is 0 Å². The summed E-state index contributed by atoms with van der Waals surface area (Å²) in [6.45, 7) is 3.02. The van der Waals surface area contributed by atoms with E-state index in [2.05, 4.69) is 0 Å². The molecule has 2 atom stereocenters. The summed E-state index contributed by atoms with van der Waals surface area (Å²) in [5.74, 6) is 0.130. The van der Waals surface area contributed by atoms with Crippen LogP contribution >= 0.6 is 11.6 Å². The van der Waals surface area contributed by atoms with E-state index < -0.39 is 0 Å². The van der Waals surface area contributed by atoms with Crippen LogP contribution < -0.4 is 5.73 Å². The lowest BCUT2D eigenvalue weighted by Crippen LogP contribution is -2.49. The minimum atomic E-state index is -0.121. The molecule has 2 rings (SSSR count). The van der Waals surface area contributed by atoms with Crippen LogP contribution in [-0.4, -0.2) is 37.1 Å². The molecule has 0 bridgehead atoms. The summed E-state index contributed by atoms with van der Waals surface area (Å²) in [6.07, 6.45) is 1.21. The molecule has 110 valence electrons. The van der Waals surface area contributed by atoms with Gasteiger partial charge in [0.1, 0.15) is 0 Å². The van der Waals surface area contributed by atoms with Gasteiger partial charge in [0.2, 0.25) is 5.91 Å². The van der Waals surface area contributed by atoms with Crippen molar-refractivity contribution in [2.24, 2.45) is 5.73 Å². The van der Waals surface area contributed by atoms with Gasteiger partial charge in [0.05, 0.1) is 12.6 Å². The summed E-state index contributed by atoms with van der Waals surface area (Å²) in [4.78, 5) is 14.0. The largest absolute Gasteiger partial charge is 0.383 e. The van der Waals surface area contributed by atoms with Crippen molar-refractivity contribution >= 4 is 17.5 Å². The first-order valence-electron chi connectivity index (χ1n) is 6.84. The predicted octanol–water partition coefficient (Wildman–Crippen LogP) is 2.29. The van der Waals surface area contributed by atoms with Gasteiger partial charge < -0.3 is 15.4 Å². The van der Waals surface area contributed by atoms with Gasteiger partial charge in [-0.25, -0.2) is 0 Å². The second kappa shape index (κ2) is 6.57. The lowest BCUT2D eigenvalue weighted by molar-refractivity contribution is -0.138. The van der Waals surface area contributed by atoms with Crippen LogP contribution in [0.2, 0.25) is 5.02 Å². The maximum Gasteiger partial charge on any atom is 0.223 e. The molecule has 1 aliphatic rings. The van der Waals surface area contributed by atoms with E-state index in [-0.39, 0.29) is 18.0 Å². The molecule has 1 heterocycles. The molecule has 4 nitrogen and oxygen atoms in total. The lowest BCUT2D eigenvalue weighted by Gasteiger charge is -2.40. The normalized spacial score (nSPS) is 23.2. The van der Waals surface area contributed by atoms with Crippen LogP contribution in [-0.2, 0) is 9.53 Å². The summed E-state index contributed by atoms with van der Waals surface area (Å²) in [5.41, 5.74) is 8.27. The van der Waals surface area contributed by atoms with Crippen molar-refractivity contribution in [3.8, 4) is 0 Å². The summed E-state index contributed by atoms with van der Waals surface area (Å²) >= 11 is 6.20. The highest BCUT2D eigenvalue weighted by Gasteiger charge is 2.34. The van der Waals surface area contributed by atoms with Gasteiger partial charge in [-0.2, -0.15) is 0 Å². The van der Waals surface area contributed by atoms with Crippen molar-refractivity contribution in [1.82, 2.24) is 4.90 Å². The number of halogens is 1. The summed E-state index contributed by atoms with van der Waals surface area (Å²) < 4.78 is 5.09. The Morgan fingerprint density at radius 2 is 2.25 bits per heavy atom. The number of hydrogen-bond acceptors (Lipinski definition) is 3. The first-order valence-corrected chi connectivity index (χ1v) is 7.22. The van der Waals surface area contributed by atoms with Crippen molar-refractivity contribution < 1.29 is 9.53 Å². The number of piperidine rings is 1. The van der Waals surface area contributed by atoms with E-state index in [4.69, 9.17) is 22.1 Å². The van der Waals surface area contributed by atoms with Crippen molar-refractivity contribution in [2.75, 3.05) is 20.3 Å². The highest BCUT2D eigenvalue weighted by Crippen LogP contribution is 2.32. The number of likely N-dealkylation sites (tertiary alicyclic amines) is 1. The van der Waals surface area contributed by atoms with Gasteiger partial charge in [-0.1, -0.05) is 23.7 Å². The minimum absolute atomic E-state index is 0.0664. The molecule has 1 aromatic carbocycles. The fourth-order valence-electron chi connectivity index (χ4n) is 2.65. The van der Waals surface area contributed by atoms with Crippen molar-refractivity contribution in [3.63, 3.8) is 0 Å². The number of amides is 1. The zero-order valence-corrected chi connectivity index (χ0v) is 12.7. The lowest BCUT2D eigenvalue weighted by atomic mass is 9.90. The van der Waals surface area contributed by atoms with Gasteiger partial charge >= 0.3 is 0 Å². The molecular weight excluding hydrogens is 276 g/mol. The van der Waals surface area contributed by atoms with Crippen LogP contribution in [0.3, 0.4) is 0 Å². The predicted molar refractivity (Wildman–Crippen MR) is 79.7 cm³/mol. The van der Waals surface area contributed by atoms with E-state index in [0.717, 1.165) is 11.1 Å². The Kier molecular flexibility index (Phi) is 5.02. The number of methoxy groups -OCH3 is 1. The van der Waals surface area contributed by atoms with E-state index in [1.807, 2.05) is 30.0 Å². The van der Waals surface area contributed by atoms with Crippen molar-refractivity contribution in [1.29, 1.82) is 0 Å². The Morgan fingerprint density at radius 3 is 2.90 bits per heavy atom. The fraction of sp³-hybridized carbons (Fsp3) is 0.533. The SMILES string of the molecule is COCCN1C(=O)CCC(N)C1c1ccc(C)c(Cl)c1. The second-order valence-electron chi connectivity index (χ2n) is 5.24. The van der Waals surface area contributed by atoms with Gasteiger partial charge in [0, 0.05) is 31.1 Å². The number of hydrogen-bond donors (Lipinski definition) is 1. The van der Waals surface area contributed by atoms with E-state index in [1.165, 1.54) is 0 Å². The Labute approximate surface area is 124 Å². The Bertz CT molecular complexity index is 493. The molecular formula is C15H21ClN2O2. The average molecular weight is 297 g/mol. The molecule has 0 spiro atoms. The number of benzene rings is 1. The van der Waals surface area contributed by atoms with Gasteiger partial charge in [-0.15, -0.1) is 0 Å². The van der Waals surface area contributed by atoms with Crippen LogP contribution in [0, 0.1) is 6.92 Å². The smallest absolute Gasteiger partial charge is 0.223 e. The molecule has 0 radical (unpaired) electrons. The maximum atomic E-state index is 12.2. The molecule has 1 saturated heterocycles. The van der Waals surface area contributed by atoms with Gasteiger partial charge in [-0.05, 0) is 30.5 Å². The second-order valence-corrected chi connectivity index (χ2v) is 5.64. The third-order valence-electron chi connectivity index (χ3n) is 3.83.